The van der Waals surface area contributed by atoms with Gasteiger partial charge in [0.15, 0.2) is 0 Å². The van der Waals surface area contributed by atoms with Gasteiger partial charge in [0.05, 0.1) is 10.7 Å². The summed E-state index contributed by atoms with van der Waals surface area (Å²) < 4.78 is 31.6. The predicted molar refractivity (Wildman–Crippen MR) is 66.6 cm³/mol. The first-order valence-electron chi connectivity index (χ1n) is 5.18. The van der Waals surface area contributed by atoms with Crippen molar-refractivity contribution in [2.24, 2.45) is 0 Å². The van der Waals surface area contributed by atoms with Crippen LogP contribution < -0.4 is 10.5 Å². The number of nitrogens with two attached hydrogens (primary N) is 1. The van der Waals surface area contributed by atoms with Crippen molar-refractivity contribution in [1.29, 1.82) is 0 Å². The molecule has 0 aliphatic rings. The normalized spacial score (nSPS) is 10.4. The lowest BCUT2D eigenvalue weighted by atomic mass is 10.2. The average molecular weight is 270 g/mol. The van der Waals surface area contributed by atoms with Crippen molar-refractivity contribution in [3.63, 3.8) is 0 Å². The highest BCUT2D eigenvalue weighted by Crippen LogP contribution is 2.25. The number of rotatable bonds is 3. The van der Waals surface area contributed by atoms with E-state index in [0.29, 0.717) is 0 Å². The quantitative estimate of drug-likeness (QED) is 0.861. The van der Waals surface area contributed by atoms with Crippen molar-refractivity contribution >= 4 is 17.3 Å². The predicted octanol–water partition coefficient (Wildman–Crippen LogP) is 3.78. The maximum absolute atomic E-state index is 13.5. The Kier molecular flexibility index (Phi) is 3.67. The number of halogens is 3. The smallest absolute Gasteiger partial charge is 0.142 e. The minimum atomic E-state index is -0.455. The monoisotopic (exact) mass is 269 g/mol. The number of hydrogen-bond acceptors (Lipinski definition) is 2. The molecule has 0 saturated carbocycles. The molecule has 0 aliphatic heterocycles. The van der Waals surface area contributed by atoms with Gasteiger partial charge in [-0.2, -0.15) is 0 Å². The summed E-state index contributed by atoms with van der Waals surface area (Å²) in [5.74, 6) is -0.623. The van der Waals surface area contributed by atoms with E-state index in [1.165, 1.54) is 24.3 Å². The number of ether oxygens (including phenoxy) is 1. The summed E-state index contributed by atoms with van der Waals surface area (Å²) in [7, 11) is 0. The Balaban J connectivity index is 2.16. The zero-order valence-electron chi connectivity index (χ0n) is 9.29. The molecule has 0 bridgehead atoms. The highest BCUT2D eigenvalue weighted by atomic mass is 35.5. The van der Waals surface area contributed by atoms with Gasteiger partial charge in [-0.25, -0.2) is 8.78 Å². The molecule has 0 aliphatic carbocycles. The second kappa shape index (κ2) is 5.23. The van der Waals surface area contributed by atoms with Gasteiger partial charge in [-0.05, 0) is 24.3 Å². The van der Waals surface area contributed by atoms with Crippen LogP contribution in [0.15, 0.2) is 36.4 Å². The van der Waals surface area contributed by atoms with Crippen LogP contribution in [0.25, 0.3) is 0 Å². The summed E-state index contributed by atoms with van der Waals surface area (Å²) in [6.45, 7) is -0.0681. The zero-order chi connectivity index (χ0) is 13.1. The number of nitrogen functional groups attached to an aromatic ring is 1. The molecule has 0 unspecified atom stereocenters. The van der Waals surface area contributed by atoms with Crippen molar-refractivity contribution < 1.29 is 13.5 Å². The van der Waals surface area contributed by atoms with E-state index in [4.69, 9.17) is 22.1 Å². The third-order valence-corrected chi connectivity index (χ3v) is 2.76. The lowest BCUT2D eigenvalue weighted by molar-refractivity contribution is 0.301. The van der Waals surface area contributed by atoms with Crippen LogP contribution in [-0.2, 0) is 6.61 Å². The maximum Gasteiger partial charge on any atom is 0.142 e. The van der Waals surface area contributed by atoms with E-state index in [-0.39, 0.29) is 28.6 Å². The first-order valence-corrected chi connectivity index (χ1v) is 5.56. The highest BCUT2D eigenvalue weighted by molar-refractivity contribution is 6.31. The molecule has 0 atom stereocenters. The molecule has 2 nitrogen and oxygen atoms in total. The second-order valence-corrected chi connectivity index (χ2v) is 4.08. The highest BCUT2D eigenvalue weighted by Gasteiger charge is 2.09. The summed E-state index contributed by atoms with van der Waals surface area (Å²) in [5, 5.41) is 0.274. The minimum Gasteiger partial charge on any atom is -0.487 e. The standard InChI is InChI=1S/C13H10ClF2NO/c14-10-2-1-3-11(16)9(10)7-18-13-5-4-8(15)6-12(13)17/h1-6H,7,17H2. The van der Waals surface area contributed by atoms with E-state index in [2.05, 4.69) is 0 Å². The fourth-order valence-corrected chi connectivity index (χ4v) is 1.69. The van der Waals surface area contributed by atoms with E-state index in [9.17, 15) is 8.78 Å². The summed E-state index contributed by atoms with van der Waals surface area (Å²) in [5.41, 5.74) is 5.96. The molecule has 2 N–H and O–H groups in total. The van der Waals surface area contributed by atoms with Crippen LogP contribution in [0.3, 0.4) is 0 Å². The van der Waals surface area contributed by atoms with Gasteiger partial charge in [-0.3, -0.25) is 0 Å². The third kappa shape index (κ3) is 2.71. The van der Waals surface area contributed by atoms with Crippen molar-refractivity contribution in [3.05, 3.63) is 58.6 Å². The number of hydrogen-bond donors (Lipinski definition) is 1. The van der Waals surface area contributed by atoms with E-state index in [1.807, 2.05) is 0 Å². The SMILES string of the molecule is Nc1cc(F)ccc1OCc1c(F)cccc1Cl. The molecule has 0 spiro atoms. The van der Waals surface area contributed by atoms with E-state index in [1.54, 1.807) is 6.07 Å². The summed E-state index contributed by atoms with van der Waals surface area (Å²) in [6.07, 6.45) is 0. The first-order chi connectivity index (χ1) is 8.58. The Morgan fingerprint density at radius 2 is 1.94 bits per heavy atom. The molecule has 2 aromatic carbocycles. The van der Waals surface area contributed by atoms with Gasteiger partial charge in [0.25, 0.3) is 0 Å². The van der Waals surface area contributed by atoms with Crippen LogP contribution in [0, 0.1) is 11.6 Å². The molecule has 18 heavy (non-hydrogen) atoms. The van der Waals surface area contributed by atoms with Crippen LogP contribution in [0.5, 0.6) is 5.75 Å². The van der Waals surface area contributed by atoms with E-state index < -0.39 is 11.6 Å². The Bertz CT molecular complexity index is 555. The number of benzene rings is 2. The van der Waals surface area contributed by atoms with Gasteiger partial charge in [0.1, 0.15) is 24.0 Å². The molecule has 94 valence electrons. The molecule has 0 aromatic heterocycles. The van der Waals surface area contributed by atoms with Crippen LogP contribution >= 0.6 is 11.6 Å². The molecule has 2 rings (SSSR count). The average Bonchev–Trinajstić information content (AvgIpc) is 2.31. The van der Waals surface area contributed by atoms with Crippen LogP contribution in [-0.4, -0.2) is 0 Å². The van der Waals surface area contributed by atoms with E-state index >= 15 is 0 Å². The van der Waals surface area contributed by atoms with Gasteiger partial charge < -0.3 is 10.5 Å². The van der Waals surface area contributed by atoms with Gasteiger partial charge in [-0.15, -0.1) is 0 Å². The van der Waals surface area contributed by atoms with Crippen molar-refractivity contribution in [2.45, 2.75) is 6.61 Å². The molecule has 0 heterocycles. The van der Waals surface area contributed by atoms with Crippen LogP contribution in [0.2, 0.25) is 5.02 Å². The van der Waals surface area contributed by atoms with Gasteiger partial charge in [0, 0.05) is 11.6 Å². The van der Waals surface area contributed by atoms with Crippen molar-refractivity contribution in [1.82, 2.24) is 0 Å². The zero-order valence-corrected chi connectivity index (χ0v) is 10.0. The Hall–Kier alpha value is -1.81. The Morgan fingerprint density at radius 3 is 2.61 bits per heavy atom. The maximum atomic E-state index is 13.5. The van der Waals surface area contributed by atoms with Gasteiger partial charge in [-0.1, -0.05) is 17.7 Å². The third-order valence-electron chi connectivity index (χ3n) is 2.41. The van der Waals surface area contributed by atoms with Gasteiger partial charge >= 0.3 is 0 Å². The largest absolute Gasteiger partial charge is 0.487 e. The molecule has 0 radical (unpaired) electrons. The second-order valence-electron chi connectivity index (χ2n) is 3.67. The van der Waals surface area contributed by atoms with Crippen molar-refractivity contribution in [3.8, 4) is 5.75 Å². The Morgan fingerprint density at radius 1 is 1.17 bits per heavy atom. The minimum absolute atomic E-state index is 0.0681. The molecule has 0 saturated heterocycles. The molecule has 2 aromatic rings. The topological polar surface area (TPSA) is 35.2 Å². The summed E-state index contributed by atoms with van der Waals surface area (Å²) in [6, 6.07) is 8.11. The molecule has 0 amide bonds. The summed E-state index contributed by atoms with van der Waals surface area (Å²) >= 11 is 5.85. The van der Waals surface area contributed by atoms with Gasteiger partial charge in [0.2, 0.25) is 0 Å². The summed E-state index contributed by atoms with van der Waals surface area (Å²) in [4.78, 5) is 0. The molecular formula is C13H10ClF2NO. The first kappa shape index (κ1) is 12.6. The molecular weight excluding hydrogens is 260 g/mol. The lowest BCUT2D eigenvalue weighted by Gasteiger charge is -2.10. The number of anilines is 1. The lowest BCUT2D eigenvalue weighted by Crippen LogP contribution is -2.02. The molecule has 5 heteroatoms. The van der Waals surface area contributed by atoms with Crippen LogP contribution in [0.4, 0.5) is 14.5 Å². The fourth-order valence-electron chi connectivity index (χ4n) is 1.47. The van der Waals surface area contributed by atoms with Crippen molar-refractivity contribution in [2.75, 3.05) is 5.73 Å². The van der Waals surface area contributed by atoms with E-state index in [0.717, 1.165) is 6.07 Å². The van der Waals surface area contributed by atoms with Crippen LogP contribution in [0.1, 0.15) is 5.56 Å². The Labute approximate surface area is 108 Å². The molecule has 0 fully saturated rings. The fraction of sp³-hybridized carbons (Fsp3) is 0.0769.